The number of benzene rings is 2. The number of alkyl halides is 1. The maximum atomic E-state index is 14.5. The number of primary amides is 1. The van der Waals surface area contributed by atoms with E-state index in [2.05, 4.69) is 37.7 Å². The van der Waals surface area contributed by atoms with Gasteiger partial charge in [-0.05, 0) is 75.1 Å². The Morgan fingerprint density at radius 3 is 2.62 bits per heavy atom. The van der Waals surface area contributed by atoms with Gasteiger partial charge >= 0.3 is 0 Å². The van der Waals surface area contributed by atoms with Crippen molar-refractivity contribution in [3.8, 4) is 23.5 Å². The number of fused-ring (bicyclic) bond motifs is 2. The highest BCUT2D eigenvalue weighted by Crippen LogP contribution is 2.36. The number of methoxy groups -OCH3 is 1. The summed E-state index contributed by atoms with van der Waals surface area (Å²) in [6.45, 7) is 6.49. The average Bonchev–Trinajstić information content (AvgIpc) is 3.74. The molecule has 8 rings (SSSR count). The minimum atomic E-state index is -1.59. The Labute approximate surface area is 382 Å². The van der Waals surface area contributed by atoms with Gasteiger partial charge in [-0.1, -0.05) is 24.8 Å². The summed E-state index contributed by atoms with van der Waals surface area (Å²) in [4.78, 5) is 83.0. The Morgan fingerprint density at radius 1 is 1.05 bits per heavy atom. The van der Waals surface area contributed by atoms with Crippen molar-refractivity contribution in [1.29, 1.82) is 0 Å². The third-order valence-electron chi connectivity index (χ3n) is 13.3. The Bertz CT molecular complexity index is 2450. The van der Waals surface area contributed by atoms with Crippen LogP contribution in [0.1, 0.15) is 94.9 Å². The van der Waals surface area contributed by atoms with Crippen molar-refractivity contribution in [3.05, 3.63) is 58.8 Å². The minimum absolute atomic E-state index is 0.0195. The standard InChI is InChI=1S/C48H56FN7O10/c1-3-31-37(53-45(60)42(31)49)26-66-46-34-21-39(63-2)35(43(50)58)20-33(34)29(22-52-46)13-12-27-8-10-28(11-9-27)23-55-17-19-65-30(24-55)25-64-18-5-16-51-36-7-4-6-32-41(36)48(62)56(47(32)61)38-14-15-40(57)54-44(38)59/h4,6-7,20-22,27-28,30-31,37-38,42,51H,3,5,8-11,14-19,23-26H2,1-2H3,(H2,50,58)(H,53,60)(H,54,57,59)/t27?,28?,30-,31+,37-,38?,42+/m1/s1. The number of ether oxygens (including phenoxy) is 4. The van der Waals surface area contributed by atoms with Gasteiger partial charge < -0.3 is 35.3 Å². The molecule has 0 bridgehead atoms. The Morgan fingerprint density at radius 2 is 1.86 bits per heavy atom. The van der Waals surface area contributed by atoms with Gasteiger partial charge in [-0.3, -0.25) is 43.9 Å². The molecule has 1 unspecified atom stereocenters. The van der Waals surface area contributed by atoms with Crippen LogP contribution in [0.3, 0.4) is 0 Å². The largest absolute Gasteiger partial charge is 0.496 e. The van der Waals surface area contributed by atoms with Crippen LogP contribution in [0.25, 0.3) is 10.8 Å². The molecular weight excluding hydrogens is 854 g/mol. The molecule has 0 radical (unpaired) electrons. The number of pyridine rings is 1. The number of nitrogens with one attached hydrogen (secondary N) is 3. The zero-order valence-corrected chi connectivity index (χ0v) is 37.2. The number of anilines is 1. The van der Waals surface area contributed by atoms with Gasteiger partial charge in [-0.2, -0.15) is 0 Å². The number of nitrogens with zero attached hydrogens (tertiary/aromatic N) is 3. The normalized spacial score (nSPS) is 25.5. The van der Waals surface area contributed by atoms with Crippen LogP contribution in [0, 0.1) is 29.6 Å². The van der Waals surface area contributed by atoms with Crippen LogP contribution in [-0.4, -0.2) is 134 Å². The molecule has 2 aromatic carbocycles. The molecule has 1 saturated carbocycles. The number of nitrogens with two attached hydrogens (primary N) is 1. The Balaban J connectivity index is 0.789. The van der Waals surface area contributed by atoms with Crippen LogP contribution >= 0.6 is 0 Å². The van der Waals surface area contributed by atoms with Gasteiger partial charge in [0.1, 0.15) is 18.4 Å². The first kappa shape index (κ1) is 46.4. The fraction of sp³-hybridized carbons (Fsp3) is 0.521. The van der Waals surface area contributed by atoms with Gasteiger partial charge in [-0.15, -0.1) is 0 Å². The van der Waals surface area contributed by atoms with Crippen molar-refractivity contribution in [2.45, 2.75) is 82.6 Å². The molecule has 4 aliphatic heterocycles. The topological polar surface area (TPSA) is 221 Å². The summed E-state index contributed by atoms with van der Waals surface area (Å²) in [6.07, 6.45) is 5.21. The number of carbonyl (C=O) groups is 6. The minimum Gasteiger partial charge on any atom is -0.496 e. The molecule has 17 nitrogen and oxygen atoms in total. The number of morpholine rings is 1. The number of amides is 6. The maximum absolute atomic E-state index is 14.5. The van der Waals surface area contributed by atoms with E-state index in [-0.39, 0.29) is 59.8 Å². The summed E-state index contributed by atoms with van der Waals surface area (Å²) in [5, 5.41) is 9.34. The number of halogens is 1. The van der Waals surface area contributed by atoms with E-state index in [1.54, 1.807) is 36.5 Å². The van der Waals surface area contributed by atoms with Crippen molar-refractivity contribution in [2.24, 2.45) is 23.5 Å². The van der Waals surface area contributed by atoms with Gasteiger partial charge in [0.15, 0.2) is 6.17 Å². The lowest BCUT2D eigenvalue weighted by molar-refractivity contribution is -0.136. The van der Waals surface area contributed by atoms with Crippen LogP contribution in [0.15, 0.2) is 36.5 Å². The van der Waals surface area contributed by atoms with Crippen molar-refractivity contribution < 1.29 is 52.1 Å². The van der Waals surface area contributed by atoms with Crippen LogP contribution in [0.2, 0.25) is 0 Å². The zero-order valence-electron chi connectivity index (χ0n) is 37.2. The highest BCUT2D eigenvalue weighted by atomic mass is 19.1. The predicted octanol–water partition coefficient (Wildman–Crippen LogP) is 3.36. The van der Waals surface area contributed by atoms with E-state index in [0.717, 1.165) is 50.2 Å². The number of rotatable bonds is 16. The smallest absolute Gasteiger partial charge is 0.264 e. The molecule has 3 aromatic rings. The molecule has 6 amide bonds. The lowest BCUT2D eigenvalue weighted by atomic mass is 9.82. The van der Waals surface area contributed by atoms with Gasteiger partial charge in [0.25, 0.3) is 23.6 Å². The zero-order chi connectivity index (χ0) is 46.5. The highest BCUT2D eigenvalue weighted by molar-refractivity contribution is 6.25. The molecule has 66 heavy (non-hydrogen) atoms. The summed E-state index contributed by atoms with van der Waals surface area (Å²) in [7, 11) is 1.44. The van der Waals surface area contributed by atoms with E-state index in [1.165, 1.54) is 7.11 Å². The second-order valence-corrected chi connectivity index (χ2v) is 17.6. The molecular formula is C48H56FN7O10. The summed E-state index contributed by atoms with van der Waals surface area (Å²) in [6, 6.07) is 6.75. The molecule has 1 aliphatic carbocycles. The average molecular weight is 910 g/mol. The van der Waals surface area contributed by atoms with Crippen molar-refractivity contribution >= 4 is 51.9 Å². The van der Waals surface area contributed by atoms with Crippen molar-refractivity contribution in [2.75, 3.05) is 65.0 Å². The quantitative estimate of drug-likeness (QED) is 0.0922. The molecule has 350 valence electrons. The first-order valence-electron chi connectivity index (χ1n) is 22.8. The van der Waals surface area contributed by atoms with Gasteiger partial charge in [0, 0.05) is 73.7 Å². The van der Waals surface area contributed by atoms with Gasteiger partial charge in [0.2, 0.25) is 17.7 Å². The first-order valence-corrected chi connectivity index (χ1v) is 22.8. The summed E-state index contributed by atoms with van der Waals surface area (Å²) >= 11 is 0. The molecule has 4 fully saturated rings. The van der Waals surface area contributed by atoms with E-state index < -0.39 is 59.6 Å². The molecule has 5 aliphatic rings. The maximum Gasteiger partial charge on any atom is 0.264 e. The van der Waals surface area contributed by atoms with Gasteiger partial charge in [0.05, 0.1) is 54.7 Å². The summed E-state index contributed by atoms with van der Waals surface area (Å²) in [5.74, 6) is 4.04. The SMILES string of the molecule is CC[C@@H]1[C@H](F)C(=O)N[C@@H]1COc1ncc(C#CC2CCC(CN3CCO[C@@H](COCCCNc4cccc5c4C(=O)N(C4CCC(=O)NC4=O)C5=O)C3)CC2)c2cc(C(N)=O)c(OC)cc12. The van der Waals surface area contributed by atoms with Crippen molar-refractivity contribution in [1.82, 2.24) is 25.4 Å². The third-order valence-corrected chi connectivity index (χ3v) is 13.3. The van der Waals surface area contributed by atoms with E-state index in [1.807, 2.05) is 6.92 Å². The number of piperidine rings is 1. The summed E-state index contributed by atoms with van der Waals surface area (Å²) in [5.41, 5.74) is 7.49. The molecule has 18 heteroatoms. The van der Waals surface area contributed by atoms with E-state index in [0.29, 0.717) is 67.1 Å². The fourth-order valence-electron chi connectivity index (χ4n) is 9.77. The fourth-order valence-corrected chi connectivity index (χ4v) is 9.77. The molecule has 3 saturated heterocycles. The number of hydrogen-bond donors (Lipinski definition) is 4. The Kier molecular flexibility index (Phi) is 14.4. The van der Waals surface area contributed by atoms with Crippen LogP contribution < -0.4 is 31.2 Å². The number of carbonyl (C=O) groups excluding carboxylic acids is 6. The second-order valence-electron chi connectivity index (χ2n) is 17.6. The number of imide groups is 2. The monoisotopic (exact) mass is 909 g/mol. The molecule has 5 heterocycles. The van der Waals surface area contributed by atoms with Crippen molar-refractivity contribution in [3.63, 3.8) is 0 Å². The van der Waals surface area contributed by atoms with Crippen LogP contribution in [-0.2, 0) is 23.9 Å². The first-order chi connectivity index (χ1) is 31.9. The lowest BCUT2D eigenvalue weighted by Gasteiger charge is -2.36. The number of hydrogen-bond acceptors (Lipinski definition) is 13. The molecule has 5 N–H and O–H groups in total. The van der Waals surface area contributed by atoms with Crippen LogP contribution in [0.5, 0.6) is 11.6 Å². The van der Waals surface area contributed by atoms with E-state index in [9.17, 15) is 33.2 Å². The third kappa shape index (κ3) is 9.98. The molecule has 0 spiro atoms. The molecule has 5 atom stereocenters. The lowest BCUT2D eigenvalue weighted by Crippen LogP contribution is -2.54. The van der Waals surface area contributed by atoms with E-state index in [4.69, 9.17) is 24.7 Å². The highest BCUT2D eigenvalue weighted by Gasteiger charge is 2.46. The number of aromatic nitrogens is 1. The van der Waals surface area contributed by atoms with Gasteiger partial charge in [-0.25, -0.2) is 9.37 Å². The second kappa shape index (κ2) is 20.6. The Hall–Kier alpha value is -6.16. The van der Waals surface area contributed by atoms with E-state index >= 15 is 0 Å². The summed E-state index contributed by atoms with van der Waals surface area (Å²) < 4.78 is 38.1. The van der Waals surface area contributed by atoms with Crippen LogP contribution in [0.4, 0.5) is 10.1 Å². The molecule has 1 aromatic heterocycles. The predicted molar refractivity (Wildman–Crippen MR) is 238 cm³/mol.